The Balaban J connectivity index is 1.39. The molecule has 0 saturated carbocycles. The summed E-state index contributed by atoms with van der Waals surface area (Å²) in [5.41, 5.74) is 1.16. The van der Waals surface area contributed by atoms with E-state index in [0.29, 0.717) is 51.0 Å². The predicted molar refractivity (Wildman–Crippen MR) is 150 cm³/mol. The Bertz CT molecular complexity index is 1680. The Kier molecular flexibility index (Phi) is 7.18. The van der Waals surface area contributed by atoms with E-state index in [9.17, 15) is 19.1 Å². The van der Waals surface area contributed by atoms with E-state index in [-0.39, 0.29) is 27.8 Å². The fraction of sp³-hybridized carbons (Fsp3) is 0.143. The van der Waals surface area contributed by atoms with E-state index in [0.717, 1.165) is 11.3 Å². The summed E-state index contributed by atoms with van der Waals surface area (Å²) in [6, 6.07) is 16.9. The number of benzene rings is 3. The van der Waals surface area contributed by atoms with Crippen LogP contribution in [-0.2, 0) is 15.3 Å². The molecule has 4 aromatic rings. The first-order valence-electron chi connectivity index (χ1n) is 12.1. The van der Waals surface area contributed by atoms with Crippen LogP contribution in [0, 0.1) is 5.82 Å². The molecule has 12 heteroatoms. The second-order valence-corrected chi connectivity index (χ2v) is 11.4. The van der Waals surface area contributed by atoms with Gasteiger partial charge < -0.3 is 14.6 Å². The normalized spacial score (nSPS) is 17.9. The molecule has 8 nitrogen and oxygen atoms in total. The number of amides is 1. The van der Waals surface area contributed by atoms with Crippen LogP contribution in [0.1, 0.15) is 22.7 Å². The summed E-state index contributed by atoms with van der Waals surface area (Å²) in [7, 11) is 0. The number of hydrogen-bond donors (Lipinski definition) is 1. The molecule has 3 heterocycles. The van der Waals surface area contributed by atoms with E-state index in [1.807, 2.05) is 0 Å². The van der Waals surface area contributed by atoms with E-state index >= 15 is 0 Å². The molecule has 0 radical (unpaired) electrons. The summed E-state index contributed by atoms with van der Waals surface area (Å²) >= 11 is 8.62. The van der Waals surface area contributed by atoms with Gasteiger partial charge in [0.05, 0.1) is 11.6 Å². The van der Waals surface area contributed by atoms with Crippen molar-refractivity contribution >= 4 is 57.3 Å². The largest absolute Gasteiger partial charge is 0.507 e. The molecule has 2 aliphatic rings. The number of aliphatic hydroxyl groups is 1. The monoisotopic (exact) mass is 595 g/mol. The van der Waals surface area contributed by atoms with Gasteiger partial charge in [0, 0.05) is 16.3 Å². The summed E-state index contributed by atoms with van der Waals surface area (Å²) in [4.78, 5) is 28.1. The quantitative estimate of drug-likeness (QED) is 0.0949. The number of nitrogens with zero attached hydrogens (tertiary/aromatic N) is 3. The van der Waals surface area contributed by atoms with Gasteiger partial charge in [0.2, 0.25) is 5.13 Å². The molecule has 1 saturated heterocycles. The SMILES string of the molecule is O=C1C(=O)N(c2nnc(SCc3ccccc3F)s2)C(c2cccc(Cl)c2)/C1=C(\O)c1ccc2c(c1)OCCO2. The minimum absolute atomic E-state index is 0.125. The molecule has 1 N–H and O–H groups in total. The van der Waals surface area contributed by atoms with Crippen molar-refractivity contribution in [3.05, 3.63) is 99.8 Å². The Morgan fingerprint density at radius 1 is 1.05 bits per heavy atom. The maximum absolute atomic E-state index is 14.1. The third kappa shape index (κ3) is 4.91. The maximum Gasteiger partial charge on any atom is 0.301 e. The van der Waals surface area contributed by atoms with Crippen molar-refractivity contribution in [2.24, 2.45) is 0 Å². The standard InChI is InChI=1S/C28H19ClFN3O5S2/c29-18-6-3-5-15(12-18)23-22(24(34)16-8-9-20-21(13-16)38-11-10-37-20)25(35)26(36)33(23)27-31-32-28(40-27)39-14-17-4-1-2-7-19(17)30/h1-9,12-13,23,34H,10-11,14H2/b24-22+. The summed E-state index contributed by atoms with van der Waals surface area (Å²) in [5.74, 6) is -1.21. The van der Waals surface area contributed by atoms with Crippen molar-refractivity contribution in [1.29, 1.82) is 0 Å². The smallest absolute Gasteiger partial charge is 0.301 e. The topological polar surface area (TPSA) is 102 Å². The highest BCUT2D eigenvalue weighted by Crippen LogP contribution is 2.45. The van der Waals surface area contributed by atoms with Gasteiger partial charge in [-0.25, -0.2) is 4.39 Å². The lowest BCUT2D eigenvalue weighted by atomic mass is 9.95. The number of anilines is 1. The van der Waals surface area contributed by atoms with Crippen molar-refractivity contribution in [2.75, 3.05) is 18.1 Å². The number of Topliss-reactive ketones (excluding diaryl/α,β-unsaturated/α-hetero) is 1. The number of rotatable bonds is 6. The zero-order valence-corrected chi connectivity index (χ0v) is 22.9. The van der Waals surface area contributed by atoms with Crippen LogP contribution >= 0.6 is 34.7 Å². The highest BCUT2D eigenvalue weighted by Gasteiger charge is 2.48. The zero-order chi connectivity index (χ0) is 27.8. The van der Waals surface area contributed by atoms with Gasteiger partial charge in [0.25, 0.3) is 5.78 Å². The number of hydrogen-bond acceptors (Lipinski definition) is 9. The molecule has 1 amide bonds. The molecule has 40 heavy (non-hydrogen) atoms. The van der Waals surface area contributed by atoms with E-state index in [1.54, 1.807) is 60.7 Å². The number of carbonyl (C=O) groups is 2. The average molecular weight is 596 g/mol. The highest BCUT2D eigenvalue weighted by atomic mass is 35.5. The fourth-order valence-corrected chi connectivity index (χ4v) is 6.53. The van der Waals surface area contributed by atoms with Crippen LogP contribution in [0.25, 0.3) is 5.76 Å². The van der Waals surface area contributed by atoms with Gasteiger partial charge >= 0.3 is 5.91 Å². The molecular weight excluding hydrogens is 577 g/mol. The van der Waals surface area contributed by atoms with E-state index in [1.165, 1.54) is 22.7 Å². The first kappa shape index (κ1) is 26.3. The number of halogens is 2. The second kappa shape index (κ2) is 10.9. The molecule has 6 rings (SSSR count). The van der Waals surface area contributed by atoms with Gasteiger partial charge in [0.1, 0.15) is 24.8 Å². The molecule has 202 valence electrons. The molecule has 2 aliphatic heterocycles. The van der Waals surface area contributed by atoms with Crippen LogP contribution in [0.5, 0.6) is 11.5 Å². The van der Waals surface area contributed by atoms with Crippen LogP contribution in [0.3, 0.4) is 0 Å². The van der Waals surface area contributed by atoms with Gasteiger partial charge in [-0.3, -0.25) is 14.5 Å². The van der Waals surface area contributed by atoms with Crippen LogP contribution in [-0.4, -0.2) is 40.2 Å². The van der Waals surface area contributed by atoms with Crippen LogP contribution in [0.2, 0.25) is 5.02 Å². The van der Waals surface area contributed by atoms with Crippen molar-refractivity contribution in [1.82, 2.24) is 10.2 Å². The molecule has 1 fully saturated rings. The maximum atomic E-state index is 14.1. The van der Waals surface area contributed by atoms with E-state index in [2.05, 4.69) is 10.2 Å². The Hall–Kier alpha value is -3.93. The van der Waals surface area contributed by atoms with Gasteiger partial charge in [0.15, 0.2) is 15.8 Å². The summed E-state index contributed by atoms with van der Waals surface area (Å²) in [6.45, 7) is 0.749. The van der Waals surface area contributed by atoms with Crippen molar-refractivity contribution in [3.63, 3.8) is 0 Å². The van der Waals surface area contributed by atoms with Crippen LogP contribution in [0.15, 0.2) is 76.6 Å². The lowest BCUT2D eigenvalue weighted by Gasteiger charge is -2.23. The number of ether oxygens (including phenoxy) is 2. The summed E-state index contributed by atoms with van der Waals surface area (Å²) < 4.78 is 25.7. The number of aromatic nitrogens is 2. The molecular formula is C28H19ClFN3O5S2. The third-order valence-electron chi connectivity index (χ3n) is 6.34. The molecule has 1 atom stereocenters. The van der Waals surface area contributed by atoms with Gasteiger partial charge in [-0.05, 0) is 47.5 Å². The lowest BCUT2D eigenvalue weighted by molar-refractivity contribution is -0.132. The zero-order valence-electron chi connectivity index (χ0n) is 20.5. The highest BCUT2D eigenvalue weighted by molar-refractivity contribution is 8.00. The van der Waals surface area contributed by atoms with Gasteiger partial charge in [-0.15, -0.1) is 10.2 Å². The molecule has 1 unspecified atom stereocenters. The number of aliphatic hydroxyl groups excluding tert-OH is 1. The summed E-state index contributed by atoms with van der Waals surface area (Å²) in [5, 5.41) is 20.3. The van der Waals surface area contributed by atoms with Gasteiger partial charge in [-0.1, -0.05) is 65.0 Å². The van der Waals surface area contributed by atoms with E-state index in [4.69, 9.17) is 21.1 Å². The molecule has 0 spiro atoms. The summed E-state index contributed by atoms with van der Waals surface area (Å²) in [6.07, 6.45) is 0. The molecule has 3 aromatic carbocycles. The molecule has 0 aliphatic carbocycles. The number of carbonyl (C=O) groups excluding carboxylic acids is 2. The first-order chi connectivity index (χ1) is 19.4. The minimum atomic E-state index is -1.02. The Labute approximate surface area is 241 Å². The van der Waals surface area contributed by atoms with E-state index < -0.39 is 17.7 Å². The third-order valence-corrected chi connectivity index (χ3v) is 8.68. The lowest BCUT2D eigenvalue weighted by Crippen LogP contribution is -2.29. The second-order valence-electron chi connectivity index (χ2n) is 8.81. The number of ketones is 1. The van der Waals surface area contributed by atoms with Crippen molar-refractivity contribution < 1.29 is 28.6 Å². The molecule has 0 bridgehead atoms. The van der Waals surface area contributed by atoms with Gasteiger partial charge in [-0.2, -0.15) is 0 Å². The van der Waals surface area contributed by atoms with Crippen molar-refractivity contribution in [3.8, 4) is 11.5 Å². The first-order valence-corrected chi connectivity index (χ1v) is 14.2. The molecule has 1 aromatic heterocycles. The number of thioether (sulfide) groups is 1. The van der Waals surface area contributed by atoms with Crippen molar-refractivity contribution in [2.45, 2.75) is 16.1 Å². The fourth-order valence-electron chi connectivity index (χ4n) is 4.48. The predicted octanol–water partition coefficient (Wildman–Crippen LogP) is 6.02. The average Bonchev–Trinajstić information content (AvgIpc) is 3.54. The van der Waals surface area contributed by atoms with Crippen LogP contribution < -0.4 is 14.4 Å². The Morgan fingerprint density at radius 3 is 2.65 bits per heavy atom. The Morgan fingerprint density at radius 2 is 1.85 bits per heavy atom. The number of fused-ring (bicyclic) bond motifs is 1. The minimum Gasteiger partial charge on any atom is -0.507 e. The van der Waals surface area contributed by atoms with Crippen LogP contribution in [0.4, 0.5) is 9.52 Å².